The van der Waals surface area contributed by atoms with Crippen molar-refractivity contribution in [3.8, 4) is 0 Å². The number of anilines is 1. The lowest BCUT2D eigenvalue weighted by Gasteiger charge is -2.06. The molecule has 0 spiro atoms. The zero-order valence-corrected chi connectivity index (χ0v) is 10.9. The van der Waals surface area contributed by atoms with Crippen LogP contribution in [0.5, 0.6) is 0 Å². The molecular formula is C10H9ClINO2. The predicted molar refractivity (Wildman–Crippen MR) is 68.1 cm³/mol. The molecule has 80 valence electrons. The number of carbonyl (C=O) groups is 2. The van der Waals surface area contributed by atoms with Gasteiger partial charge in [0.25, 0.3) is 0 Å². The van der Waals surface area contributed by atoms with Gasteiger partial charge in [-0.1, -0.05) is 11.6 Å². The molecule has 0 aliphatic heterocycles. The van der Waals surface area contributed by atoms with Gasteiger partial charge in [-0.3, -0.25) is 9.59 Å². The SMILES string of the molecule is CC(=O)CC(=O)Nc1ccc(Cl)cc1I. The molecule has 1 amide bonds. The lowest BCUT2D eigenvalue weighted by molar-refractivity contribution is -0.124. The fourth-order valence-corrected chi connectivity index (χ4v) is 2.02. The molecule has 0 atom stereocenters. The third-order valence-corrected chi connectivity index (χ3v) is 2.74. The highest BCUT2D eigenvalue weighted by molar-refractivity contribution is 14.1. The van der Waals surface area contributed by atoms with Crippen LogP contribution in [0.1, 0.15) is 13.3 Å². The second-order valence-electron chi connectivity index (χ2n) is 3.05. The molecule has 0 aromatic heterocycles. The molecule has 1 aromatic rings. The highest BCUT2D eigenvalue weighted by Crippen LogP contribution is 2.22. The van der Waals surface area contributed by atoms with Gasteiger partial charge in [0, 0.05) is 8.59 Å². The van der Waals surface area contributed by atoms with E-state index < -0.39 is 0 Å². The number of nitrogens with one attached hydrogen (secondary N) is 1. The molecule has 1 N–H and O–H groups in total. The summed E-state index contributed by atoms with van der Waals surface area (Å²) in [6.07, 6.45) is -0.0985. The van der Waals surface area contributed by atoms with Crippen molar-refractivity contribution in [3.63, 3.8) is 0 Å². The van der Waals surface area contributed by atoms with E-state index in [1.54, 1.807) is 18.2 Å². The van der Waals surface area contributed by atoms with E-state index in [-0.39, 0.29) is 18.1 Å². The summed E-state index contributed by atoms with van der Waals surface area (Å²) in [5, 5.41) is 3.26. The molecular weight excluding hydrogens is 328 g/mol. The second kappa shape index (κ2) is 5.46. The minimum absolute atomic E-state index is 0.0985. The Labute approximate surface area is 106 Å². The van der Waals surface area contributed by atoms with Crippen LogP contribution in [0.2, 0.25) is 5.02 Å². The molecule has 1 aromatic carbocycles. The van der Waals surface area contributed by atoms with Crippen LogP contribution in [0.25, 0.3) is 0 Å². The first-order chi connectivity index (χ1) is 6.99. The third kappa shape index (κ3) is 4.17. The molecule has 0 unspecified atom stereocenters. The van der Waals surface area contributed by atoms with Crippen LogP contribution in [-0.4, -0.2) is 11.7 Å². The van der Waals surface area contributed by atoms with E-state index in [1.165, 1.54) is 6.92 Å². The van der Waals surface area contributed by atoms with Crippen LogP contribution in [-0.2, 0) is 9.59 Å². The number of Topliss-reactive ketones (excluding diaryl/α,β-unsaturated/α-hetero) is 1. The van der Waals surface area contributed by atoms with E-state index in [0.717, 1.165) is 3.57 Å². The van der Waals surface area contributed by atoms with Crippen molar-refractivity contribution in [2.45, 2.75) is 13.3 Å². The quantitative estimate of drug-likeness (QED) is 0.681. The highest BCUT2D eigenvalue weighted by Gasteiger charge is 2.07. The number of hydrogen-bond donors (Lipinski definition) is 1. The molecule has 0 saturated heterocycles. The van der Waals surface area contributed by atoms with Crippen molar-refractivity contribution in [2.75, 3.05) is 5.32 Å². The molecule has 3 nitrogen and oxygen atoms in total. The van der Waals surface area contributed by atoms with Crippen molar-refractivity contribution >= 4 is 51.6 Å². The summed E-state index contributed by atoms with van der Waals surface area (Å²) < 4.78 is 0.844. The van der Waals surface area contributed by atoms with Crippen molar-refractivity contribution in [3.05, 3.63) is 26.8 Å². The smallest absolute Gasteiger partial charge is 0.231 e. The maximum atomic E-state index is 11.3. The lowest BCUT2D eigenvalue weighted by atomic mass is 10.2. The largest absolute Gasteiger partial charge is 0.325 e. The summed E-state index contributed by atoms with van der Waals surface area (Å²) in [5.41, 5.74) is 0.672. The average molecular weight is 338 g/mol. The van der Waals surface area contributed by atoms with Gasteiger partial charge in [-0.2, -0.15) is 0 Å². The molecule has 0 radical (unpaired) electrons. The maximum absolute atomic E-state index is 11.3. The molecule has 0 bridgehead atoms. The number of benzene rings is 1. The van der Waals surface area contributed by atoms with Crippen LogP contribution >= 0.6 is 34.2 Å². The standard InChI is InChI=1S/C10H9ClINO2/c1-6(14)4-10(15)13-9-3-2-7(11)5-8(9)12/h2-3,5H,4H2,1H3,(H,13,15). The Morgan fingerprint density at radius 3 is 2.67 bits per heavy atom. The number of carbonyl (C=O) groups excluding carboxylic acids is 2. The lowest BCUT2D eigenvalue weighted by Crippen LogP contribution is -2.15. The van der Waals surface area contributed by atoms with E-state index in [2.05, 4.69) is 27.9 Å². The molecule has 0 aliphatic rings. The zero-order valence-electron chi connectivity index (χ0n) is 8.01. The molecule has 0 fully saturated rings. The van der Waals surface area contributed by atoms with Crippen molar-refractivity contribution in [1.82, 2.24) is 0 Å². The highest BCUT2D eigenvalue weighted by atomic mass is 127. The summed E-state index contributed by atoms with van der Waals surface area (Å²) in [4.78, 5) is 22.0. The van der Waals surface area contributed by atoms with Gasteiger partial charge >= 0.3 is 0 Å². The van der Waals surface area contributed by atoms with Crippen molar-refractivity contribution in [2.24, 2.45) is 0 Å². The number of hydrogen-bond acceptors (Lipinski definition) is 2. The summed E-state index contributed by atoms with van der Waals surface area (Å²) in [6.45, 7) is 1.38. The fraction of sp³-hybridized carbons (Fsp3) is 0.200. The first-order valence-corrected chi connectivity index (χ1v) is 5.69. The minimum atomic E-state index is -0.303. The van der Waals surface area contributed by atoms with E-state index >= 15 is 0 Å². The first kappa shape index (κ1) is 12.4. The normalized spacial score (nSPS) is 9.80. The Balaban J connectivity index is 2.72. The van der Waals surface area contributed by atoms with E-state index in [1.807, 2.05) is 0 Å². The molecule has 0 heterocycles. The van der Waals surface area contributed by atoms with Crippen LogP contribution < -0.4 is 5.32 Å². The average Bonchev–Trinajstić information content (AvgIpc) is 2.08. The maximum Gasteiger partial charge on any atom is 0.231 e. The van der Waals surface area contributed by atoms with Gasteiger partial charge < -0.3 is 5.32 Å². The van der Waals surface area contributed by atoms with Crippen LogP contribution in [0.4, 0.5) is 5.69 Å². The first-order valence-electron chi connectivity index (χ1n) is 4.23. The molecule has 1 rings (SSSR count). The summed E-state index contributed by atoms with van der Waals surface area (Å²) in [7, 11) is 0. The van der Waals surface area contributed by atoms with Crippen LogP contribution in [0.3, 0.4) is 0 Å². The fourth-order valence-electron chi connectivity index (χ4n) is 1.01. The van der Waals surface area contributed by atoms with Gasteiger partial charge in [0.1, 0.15) is 5.78 Å². The van der Waals surface area contributed by atoms with Crippen molar-refractivity contribution < 1.29 is 9.59 Å². The van der Waals surface area contributed by atoms with Crippen molar-refractivity contribution in [1.29, 1.82) is 0 Å². The Bertz CT molecular complexity index is 406. The number of rotatable bonds is 3. The number of halogens is 2. The van der Waals surface area contributed by atoms with Gasteiger partial charge in [-0.05, 0) is 47.7 Å². The number of amides is 1. The Morgan fingerprint density at radius 2 is 2.13 bits per heavy atom. The molecule has 15 heavy (non-hydrogen) atoms. The molecule has 0 saturated carbocycles. The Kier molecular flexibility index (Phi) is 4.53. The summed E-state index contributed by atoms with van der Waals surface area (Å²) >= 11 is 7.84. The molecule has 5 heteroatoms. The van der Waals surface area contributed by atoms with Gasteiger partial charge in [-0.25, -0.2) is 0 Å². The van der Waals surface area contributed by atoms with E-state index in [9.17, 15) is 9.59 Å². The second-order valence-corrected chi connectivity index (χ2v) is 4.65. The topological polar surface area (TPSA) is 46.2 Å². The summed E-state index contributed by atoms with van der Waals surface area (Å²) in [6, 6.07) is 5.14. The minimum Gasteiger partial charge on any atom is -0.325 e. The van der Waals surface area contributed by atoms with Crippen LogP contribution in [0, 0.1) is 3.57 Å². The monoisotopic (exact) mass is 337 g/mol. The van der Waals surface area contributed by atoms with E-state index in [4.69, 9.17) is 11.6 Å². The zero-order chi connectivity index (χ0) is 11.4. The van der Waals surface area contributed by atoms with Gasteiger partial charge in [0.15, 0.2) is 0 Å². The third-order valence-electron chi connectivity index (χ3n) is 1.61. The predicted octanol–water partition coefficient (Wildman–Crippen LogP) is 2.86. The molecule has 0 aliphatic carbocycles. The van der Waals surface area contributed by atoms with Gasteiger partial charge in [-0.15, -0.1) is 0 Å². The summed E-state index contributed by atoms with van der Waals surface area (Å²) in [5.74, 6) is -0.459. The Hall–Kier alpha value is -0.620. The van der Waals surface area contributed by atoms with Crippen LogP contribution in [0.15, 0.2) is 18.2 Å². The van der Waals surface area contributed by atoms with E-state index in [0.29, 0.717) is 10.7 Å². The van der Waals surface area contributed by atoms with Gasteiger partial charge in [0.05, 0.1) is 12.1 Å². The Morgan fingerprint density at radius 1 is 1.47 bits per heavy atom. The van der Waals surface area contributed by atoms with Gasteiger partial charge in [0.2, 0.25) is 5.91 Å². The number of ketones is 1.